The van der Waals surface area contributed by atoms with Gasteiger partial charge in [0.25, 0.3) is 5.91 Å². The number of phenolic OH excluding ortho intramolecular Hbond substituents is 1. The summed E-state index contributed by atoms with van der Waals surface area (Å²) in [6, 6.07) is 14.6. The van der Waals surface area contributed by atoms with Crippen molar-refractivity contribution in [2.45, 2.75) is 39.0 Å². The summed E-state index contributed by atoms with van der Waals surface area (Å²) in [6.45, 7) is 4.13. The molecule has 7 nitrogen and oxygen atoms in total. The van der Waals surface area contributed by atoms with Crippen LogP contribution in [0.25, 0.3) is 11.3 Å². The molecule has 2 aromatic carbocycles. The van der Waals surface area contributed by atoms with Crippen molar-refractivity contribution in [3.63, 3.8) is 0 Å². The second-order valence-electron chi connectivity index (χ2n) is 9.37. The van der Waals surface area contributed by atoms with Crippen molar-refractivity contribution >= 4 is 23.5 Å². The van der Waals surface area contributed by atoms with Crippen molar-refractivity contribution in [2.75, 3.05) is 11.9 Å². The van der Waals surface area contributed by atoms with E-state index in [-0.39, 0.29) is 23.4 Å². The number of carbonyl (C=O) groups is 1. The molecule has 0 bridgehead atoms. The number of anilines is 1. The van der Waals surface area contributed by atoms with Crippen LogP contribution in [0.3, 0.4) is 0 Å². The number of amides is 1. The lowest BCUT2D eigenvalue weighted by Crippen LogP contribution is -2.37. The number of halogens is 4. The maximum absolute atomic E-state index is 13.5. The van der Waals surface area contributed by atoms with E-state index in [4.69, 9.17) is 11.6 Å². The highest BCUT2D eigenvalue weighted by molar-refractivity contribution is 6.32. The number of pyridine rings is 1. The van der Waals surface area contributed by atoms with Gasteiger partial charge >= 0.3 is 6.18 Å². The second-order valence-corrected chi connectivity index (χ2v) is 9.78. The molecule has 11 heteroatoms. The van der Waals surface area contributed by atoms with Crippen LogP contribution in [0.2, 0.25) is 5.02 Å². The molecule has 0 radical (unpaired) electrons. The van der Waals surface area contributed by atoms with Gasteiger partial charge in [0.2, 0.25) is 5.95 Å². The molecule has 2 aromatic heterocycles. The number of benzene rings is 2. The van der Waals surface area contributed by atoms with E-state index >= 15 is 0 Å². The minimum Gasteiger partial charge on any atom is -0.506 e. The fraction of sp³-hybridized carbons (Fsp3) is 0.241. The number of aromatic hydroxyl groups is 1. The third kappa shape index (κ3) is 7.06. The fourth-order valence-electron chi connectivity index (χ4n) is 4.11. The number of aromatic nitrogens is 3. The Bertz CT molecular complexity index is 1500. The molecule has 1 amide bonds. The molecule has 0 spiro atoms. The van der Waals surface area contributed by atoms with E-state index in [9.17, 15) is 23.1 Å². The van der Waals surface area contributed by atoms with Crippen LogP contribution in [-0.4, -0.2) is 43.5 Å². The molecule has 0 aliphatic heterocycles. The van der Waals surface area contributed by atoms with Crippen molar-refractivity contribution in [2.24, 2.45) is 0 Å². The Morgan fingerprint density at radius 1 is 1.07 bits per heavy atom. The molecule has 4 aromatic rings. The van der Waals surface area contributed by atoms with Gasteiger partial charge in [-0.25, -0.2) is 9.97 Å². The van der Waals surface area contributed by atoms with Crippen LogP contribution in [0.4, 0.5) is 19.1 Å². The van der Waals surface area contributed by atoms with E-state index < -0.39 is 23.2 Å². The summed E-state index contributed by atoms with van der Waals surface area (Å²) >= 11 is 5.97. The number of hydrogen-bond acceptors (Lipinski definition) is 6. The van der Waals surface area contributed by atoms with E-state index in [1.165, 1.54) is 4.90 Å². The topological polar surface area (TPSA) is 91.2 Å². The first kappa shape index (κ1) is 28.8. The van der Waals surface area contributed by atoms with Crippen molar-refractivity contribution in [1.29, 1.82) is 0 Å². The molecule has 208 valence electrons. The number of phenols is 1. The first-order valence-corrected chi connectivity index (χ1v) is 12.9. The number of rotatable bonds is 9. The lowest BCUT2D eigenvalue weighted by molar-refractivity contribution is -0.138. The number of alkyl halides is 3. The summed E-state index contributed by atoms with van der Waals surface area (Å²) in [7, 11) is 0. The zero-order valence-corrected chi connectivity index (χ0v) is 22.5. The smallest absolute Gasteiger partial charge is 0.417 e. The molecular weight excluding hydrogens is 543 g/mol. The summed E-state index contributed by atoms with van der Waals surface area (Å²) in [5.74, 6) is -0.298. The molecule has 2 heterocycles. The molecule has 40 heavy (non-hydrogen) atoms. The monoisotopic (exact) mass is 569 g/mol. The van der Waals surface area contributed by atoms with Gasteiger partial charge in [-0.05, 0) is 61.7 Å². The molecule has 4 rings (SSSR count). The molecule has 0 atom stereocenters. The van der Waals surface area contributed by atoms with Gasteiger partial charge in [-0.2, -0.15) is 13.2 Å². The van der Waals surface area contributed by atoms with Gasteiger partial charge in [-0.1, -0.05) is 35.9 Å². The highest BCUT2D eigenvalue weighted by Crippen LogP contribution is 2.32. The first-order valence-electron chi connectivity index (χ1n) is 12.5. The van der Waals surface area contributed by atoms with Crippen LogP contribution in [0.1, 0.15) is 40.9 Å². The molecule has 0 saturated heterocycles. The normalized spacial score (nSPS) is 11.5. The lowest BCUT2D eigenvalue weighted by atomic mass is 10.0. The molecular formula is C29H27ClF3N5O2. The summed E-state index contributed by atoms with van der Waals surface area (Å²) in [5.41, 5.74) is 1.58. The predicted molar refractivity (Wildman–Crippen MR) is 147 cm³/mol. The molecule has 0 saturated carbocycles. The Balaban J connectivity index is 1.49. The van der Waals surface area contributed by atoms with E-state index in [1.807, 2.05) is 24.3 Å². The second kappa shape index (κ2) is 12.3. The molecule has 0 fully saturated rings. The zero-order chi connectivity index (χ0) is 28.9. The first-order chi connectivity index (χ1) is 19.0. The van der Waals surface area contributed by atoms with E-state index in [2.05, 4.69) is 20.3 Å². The van der Waals surface area contributed by atoms with Gasteiger partial charge in [-0.15, -0.1) is 0 Å². The Hall–Kier alpha value is -4.18. The quantitative estimate of drug-likeness (QED) is 0.235. The van der Waals surface area contributed by atoms with Gasteiger partial charge < -0.3 is 15.3 Å². The van der Waals surface area contributed by atoms with Crippen LogP contribution in [0.5, 0.6) is 5.75 Å². The maximum Gasteiger partial charge on any atom is 0.417 e. The van der Waals surface area contributed by atoms with Crippen LogP contribution >= 0.6 is 11.6 Å². The van der Waals surface area contributed by atoms with E-state index in [1.54, 1.807) is 44.3 Å². The number of nitrogens with zero attached hydrogens (tertiary/aromatic N) is 4. The average Bonchev–Trinajstić information content (AvgIpc) is 2.93. The SMILES string of the molecule is CC(C)N(Cc1cccc(-c2ccnc(NCCc3ccc(O)c(Cl)c3)n2)c1)C(=O)c1cnccc1C(F)(F)F. The maximum atomic E-state index is 13.5. The lowest BCUT2D eigenvalue weighted by Gasteiger charge is -2.28. The van der Waals surface area contributed by atoms with Crippen LogP contribution in [0, 0.1) is 0 Å². The highest BCUT2D eigenvalue weighted by atomic mass is 35.5. The fourth-order valence-corrected chi connectivity index (χ4v) is 4.31. The summed E-state index contributed by atoms with van der Waals surface area (Å²) in [4.78, 5) is 27.2. The molecule has 2 N–H and O–H groups in total. The number of hydrogen-bond donors (Lipinski definition) is 2. The molecule has 0 aliphatic rings. The Morgan fingerprint density at radius 2 is 1.88 bits per heavy atom. The summed E-state index contributed by atoms with van der Waals surface area (Å²) in [5, 5.41) is 13.0. The third-order valence-electron chi connectivity index (χ3n) is 6.18. The number of nitrogens with one attached hydrogen (secondary N) is 1. The average molecular weight is 570 g/mol. The van der Waals surface area contributed by atoms with Crippen LogP contribution < -0.4 is 5.32 Å². The molecule has 0 unspecified atom stereocenters. The van der Waals surface area contributed by atoms with Crippen LogP contribution in [-0.2, 0) is 19.1 Å². The Kier molecular flexibility index (Phi) is 8.89. The zero-order valence-electron chi connectivity index (χ0n) is 21.8. The Labute approximate surface area is 234 Å². The molecule has 0 aliphatic carbocycles. The minimum atomic E-state index is -4.67. The van der Waals surface area contributed by atoms with Gasteiger partial charge in [0, 0.05) is 43.3 Å². The van der Waals surface area contributed by atoms with E-state index in [0.29, 0.717) is 24.6 Å². The summed E-state index contributed by atoms with van der Waals surface area (Å²) in [6.07, 6.45) is -0.430. The van der Waals surface area contributed by atoms with Gasteiger partial charge in [0.15, 0.2) is 0 Å². The Morgan fingerprint density at radius 3 is 2.60 bits per heavy atom. The van der Waals surface area contributed by atoms with Crippen LogP contribution in [0.15, 0.2) is 73.2 Å². The van der Waals surface area contributed by atoms with Crippen molar-refractivity contribution in [1.82, 2.24) is 19.9 Å². The highest BCUT2D eigenvalue weighted by Gasteiger charge is 2.36. The van der Waals surface area contributed by atoms with E-state index in [0.717, 1.165) is 35.2 Å². The van der Waals surface area contributed by atoms with Gasteiger partial charge in [-0.3, -0.25) is 9.78 Å². The van der Waals surface area contributed by atoms with Crippen molar-refractivity contribution < 1.29 is 23.1 Å². The standard InChI is InChI=1S/C29H27ClF3N5O2/c1-18(2)38(27(40)22-16-34-11-9-23(22)29(31,32)33)17-20-4-3-5-21(14-20)25-10-13-36-28(37-25)35-12-8-19-6-7-26(39)24(30)15-19/h3-7,9-11,13-16,18,39H,8,12,17H2,1-2H3,(H,35,36,37). The third-order valence-corrected chi connectivity index (χ3v) is 6.48. The van der Waals surface area contributed by atoms with Crippen molar-refractivity contribution in [3.05, 3.63) is 100 Å². The summed E-state index contributed by atoms with van der Waals surface area (Å²) < 4.78 is 40.6. The van der Waals surface area contributed by atoms with Crippen molar-refractivity contribution in [3.8, 4) is 17.0 Å². The van der Waals surface area contributed by atoms with Gasteiger partial charge in [0.05, 0.1) is 21.8 Å². The van der Waals surface area contributed by atoms with Gasteiger partial charge in [0.1, 0.15) is 5.75 Å². The minimum absolute atomic E-state index is 0.0284. The largest absolute Gasteiger partial charge is 0.506 e. The predicted octanol–water partition coefficient (Wildman–Crippen LogP) is 6.62. The number of carbonyl (C=O) groups excluding carboxylic acids is 1.